The summed E-state index contributed by atoms with van der Waals surface area (Å²) in [4.78, 5) is 11.5. The molecule has 1 aromatic carbocycles. The standard InChI is InChI=1S/C16H19NO3/c1-12(8-9-15-7-4-10-20-15)17-14-6-3-5-13(11-14)16(18)19-2/h3-7,10-12,17H,8-9H2,1-2H3. The first-order valence-electron chi connectivity index (χ1n) is 6.66. The molecule has 0 spiro atoms. The van der Waals surface area contributed by atoms with Gasteiger partial charge in [-0.25, -0.2) is 4.79 Å². The molecule has 1 unspecified atom stereocenters. The Kier molecular flexibility index (Phi) is 4.82. The summed E-state index contributed by atoms with van der Waals surface area (Å²) in [6, 6.07) is 11.5. The topological polar surface area (TPSA) is 51.5 Å². The highest BCUT2D eigenvalue weighted by atomic mass is 16.5. The molecule has 0 radical (unpaired) electrons. The SMILES string of the molecule is COC(=O)c1cccc(NC(C)CCc2ccco2)c1. The second-order valence-corrected chi connectivity index (χ2v) is 4.74. The number of esters is 1. The summed E-state index contributed by atoms with van der Waals surface area (Å²) in [6.45, 7) is 2.10. The molecule has 1 atom stereocenters. The average molecular weight is 273 g/mol. The van der Waals surface area contributed by atoms with Gasteiger partial charge in [0.1, 0.15) is 5.76 Å². The molecule has 0 aliphatic carbocycles. The highest BCUT2D eigenvalue weighted by Gasteiger charge is 2.08. The van der Waals surface area contributed by atoms with Gasteiger partial charge < -0.3 is 14.5 Å². The molecule has 20 heavy (non-hydrogen) atoms. The second kappa shape index (κ2) is 6.80. The molecule has 1 N–H and O–H groups in total. The quantitative estimate of drug-likeness (QED) is 0.818. The number of ether oxygens (including phenoxy) is 1. The summed E-state index contributed by atoms with van der Waals surface area (Å²) >= 11 is 0. The van der Waals surface area contributed by atoms with Crippen molar-refractivity contribution >= 4 is 11.7 Å². The van der Waals surface area contributed by atoms with Gasteiger partial charge in [-0.3, -0.25) is 0 Å². The third kappa shape index (κ3) is 3.88. The molecule has 106 valence electrons. The number of carbonyl (C=O) groups excluding carboxylic acids is 1. The van der Waals surface area contributed by atoms with Gasteiger partial charge in [-0.05, 0) is 43.7 Å². The van der Waals surface area contributed by atoms with E-state index >= 15 is 0 Å². The number of carbonyl (C=O) groups is 1. The predicted molar refractivity (Wildman–Crippen MR) is 77.9 cm³/mol. The lowest BCUT2D eigenvalue weighted by Crippen LogP contribution is -2.16. The maximum Gasteiger partial charge on any atom is 0.337 e. The first-order valence-corrected chi connectivity index (χ1v) is 6.66. The van der Waals surface area contributed by atoms with Crippen LogP contribution in [0.25, 0.3) is 0 Å². The minimum atomic E-state index is -0.322. The third-order valence-electron chi connectivity index (χ3n) is 3.10. The van der Waals surface area contributed by atoms with Gasteiger partial charge in [0.15, 0.2) is 0 Å². The summed E-state index contributed by atoms with van der Waals surface area (Å²) in [5.74, 6) is 0.666. The van der Waals surface area contributed by atoms with E-state index in [1.165, 1.54) is 7.11 Å². The maximum absolute atomic E-state index is 11.5. The first-order chi connectivity index (χ1) is 9.69. The van der Waals surface area contributed by atoms with Crippen molar-refractivity contribution in [3.05, 3.63) is 54.0 Å². The molecule has 4 nitrogen and oxygen atoms in total. The van der Waals surface area contributed by atoms with Crippen molar-refractivity contribution in [2.45, 2.75) is 25.8 Å². The molecular formula is C16H19NO3. The molecule has 0 saturated heterocycles. The van der Waals surface area contributed by atoms with Crippen LogP contribution >= 0.6 is 0 Å². The summed E-state index contributed by atoms with van der Waals surface area (Å²) in [6.07, 6.45) is 3.53. The van der Waals surface area contributed by atoms with E-state index in [9.17, 15) is 4.79 Å². The van der Waals surface area contributed by atoms with E-state index in [0.717, 1.165) is 24.3 Å². The first kappa shape index (κ1) is 14.2. The predicted octanol–water partition coefficient (Wildman–Crippen LogP) is 3.50. The average Bonchev–Trinajstić information content (AvgIpc) is 2.98. The van der Waals surface area contributed by atoms with Crippen LogP contribution in [0.4, 0.5) is 5.69 Å². The molecular weight excluding hydrogens is 254 g/mol. The van der Waals surface area contributed by atoms with Crippen molar-refractivity contribution in [3.8, 4) is 0 Å². The van der Waals surface area contributed by atoms with Crippen LogP contribution in [0, 0.1) is 0 Å². The number of rotatable bonds is 6. The maximum atomic E-state index is 11.5. The molecule has 0 aliphatic rings. The van der Waals surface area contributed by atoms with Gasteiger partial charge in [0.05, 0.1) is 18.9 Å². The third-order valence-corrected chi connectivity index (χ3v) is 3.10. The van der Waals surface area contributed by atoms with Crippen LogP contribution in [-0.2, 0) is 11.2 Å². The van der Waals surface area contributed by atoms with Crippen LogP contribution < -0.4 is 5.32 Å². The van der Waals surface area contributed by atoms with Crippen molar-refractivity contribution < 1.29 is 13.9 Å². The molecule has 1 aromatic heterocycles. The zero-order valence-corrected chi connectivity index (χ0v) is 11.8. The van der Waals surface area contributed by atoms with E-state index in [-0.39, 0.29) is 12.0 Å². The van der Waals surface area contributed by atoms with E-state index in [2.05, 4.69) is 12.2 Å². The molecule has 0 saturated carbocycles. The number of hydrogen-bond acceptors (Lipinski definition) is 4. The van der Waals surface area contributed by atoms with Gasteiger partial charge >= 0.3 is 5.97 Å². The fourth-order valence-corrected chi connectivity index (χ4v) is 2.02. The zero-order valence-electron chi connectivity index (χ0n) is 11.8. The Morgan fingerprint density at radius 2 is 2.20 bits per heavy atom. The number of methoxy groups -OCH3 is 1. The monoisotopic (exact) mass is 273 g/mol. The Hall–Kier alpha value is -2.23. The summed E-state index contributed by atoms with van der Waals surface area (Å²) in [5.41, 5.74) is 1.47. The number of hydrogen-bond donors (Lipinski definition) is 1. The van der Waals surface area contributed by atoms with Crippen LogP contribution in [0.5, 0.6) is 0 Å². The van der Waals surface area contributed by atoms with E-state index < -0.39 is 0 Å². The van der Waals surface area contributed by atoms with Crippen molar-refractivity contribution in [3.63, 3.8) is 0 Å². The number of benzene rings is 1. The number of anilines is 1. The lowest BCUT2D eigenvalue weighted by atomic mass is 10.1. The van der Waals surface area contributed by atoms with Crippen molar-refractivity contribution in [1.29, 1.82) is 0 Å². The molecule has 4 heteroatoms. The van der Waals surface area contributed by atoms with Gasteiger partial charge in [0, 0.05) is 18.2 Å². The molecule has 0 fully saturated rings. The second-order valence-electron chi connectivity index (χ2n) is 4.74. The van der Waals surface area contributed by atoms with Crippen LogP contribution in [0.3, 0.4) is 0 Å². The molecule has 2 aromatic rings. The zero-order chi connectivity index (χ0) is 14.4. The van der Waals surface area contributed by atoms with Crippen molar-refractivity contribution in [2.75, 3.05) is 12.4 Å². The lowest BCUT2D eigenvalue weighted by molar-refractivity contribution is 0.0601. The highest BCUT2D eigenvalue weighted by molar-refractivity contribution is 5.90. The van der Waals surface area contributed by atoms with Crippen molar-refractivity contribution in [2.24, 2.45) is 0 Å². The summed E-state index contributed by atoms with van der Waals surface area (Å²) in [5, 5.41) is 3.37. The van der Waals surface area contributed by atoms with E-state index in [0.29, 0.717) is 5.56 Å². The Morgan fingerprint density at radius 3 is 2.90 bits per heavy atom. The van der Waals surface area contributed by atoms with Gasteiger partial charge in [0.25, 0.3) is 0 Å². The number of nitrogens with one attached hydrogen (secondary N) is 1. The lowest BCUT2D eigenvalue weighted by Gasteiger charge is -2.15. The Balaban J connectivity index is 1.90. The molecule has 0 aliphatic heterocycles. The fourth-order valence-electron chi connectivity index (χ4n) is 2.02. The van der Waals surface area contributed by atoms with Crippen molar-refractivity contribution in [1.82, 2.24) is 0 Å². The van der Waals surface area contributed by atoms with Gasteiger partial charge in [-0.2, -0.15) is 0 Å². The summed E-state index contributed by atoms with van der Waals surface area (Å²) < 4.78 is 10.0. The molecule has 0 amide bonds. The van der Waals surface area contributed by atoms with Crippen LogP contribution in [0.15, 0.2) is 47.1 Å². The van der Waals surface area contributed by atoms with Gasteiger partial charge in [0.2, 0.25) is 0 Å². The fraction of sp³-hybridized carbons (Fsp3) is 0.312. The largest absolute Gasteiger partial charge is 0.469 e. The Morgan fingerprint density at radius 1 is 1.35 bits per heavy atom. The van der Waals surface area contributed by atoms with Crippen LogP contribution in [0.2, 0.25) is 0 Å². The van der Waals surface area contributed by atoms with Gasteiger partial charge in [-0.1, -0.05) is 6.07 Å². The molecule has 1 heterocycles. The van der Waals surface area contributed by atoms with Gasteiger partial charge in [-0.15, -0.1) is 0 Å². The normalized spacial score (nSPS) is 11.9. The minimum absolute atomic E-state index is 0.285. The number of aryl methyl sites for hydroxylation is 1. The highest BCUT2D eigenvalue weighted by Crippen LogP contribution is 2.15. The summed E-state index contributed by atoms with van der Waals surface area (Å²) in [7, 11) is 1.38. The smallest absolute Gasteiger partial charge is 0.337 e. The van der Waals surface area contributed by atoms with Crippen LogP contribution in [0.1, 0.15) is 29.5 Å². The van der Waals surface area contributed by atoms with E-state index in [1.54, 1.807) is 18.4 Å². The molecule has 0 bridgehead atoms. The Labute approximate surface area is 118 Å². The molecule has 2 rings (SSSR count). The van der Waals surface area contributed by atoms with E-state index in [1.807, 2.05) is 24.3 Å². The van der Waals surface area contributed by atoms with Crippen LogP contribution in [-0.4, -0.2) is 19.1 Å². The van der Waals surface area contributed by atoms with E-state index in [4.69, 9.17) is 9.15 Å². The number of furan rings is 1. The minimum Gasteiger partial charge on any atom is -0.469 e. The Bertz CT molecular complexity index is 549.